The average molecular weight is 432 g/mol. The Morgan fingerprint density at radius 3 is 2.75 bits per heavy atom. The lowest BCUT2D eigenvalue weighted by atomic mass is 10.2. The second-order valence-electron chi connectivity index (χ2n) is 7.73. The summed E-state index contributed by atoms with van der Waals surface area (Å²) in [5, 5.41) is 12.0. The van der Waals surface area contributed by atoms with Crippen LogP contribution in [0.15, 0.2) is 60.9 Å². The first-order valence-electron chi connectivity index (χ1n) is 10.6. The van der Waals surface area contributed by atoms with E-state index in [2.05, 4.69) is 42.6 Å². The monoisotopic (exact) mass is 431 g/mol. The van der Waals surface area contributed by atoms with Gasteiger partial charge in [-0.25, -0.2) is 14.6 Å². The van der Waals surface area contributed by atoms with Crippen LogP contribution in [0.25, 0.3) is 11.2 Å². The number of benzene rings is 2. The van der Waals surface area contributed by atoms with Gasteiger partial charge in [0.1, 0.15) is 12.1 Å². The first-order chi connectivity index (χ1) is 15.8. The molecule has 3 heterocycles. The van der Waals surface area contributed by atoms with Crippen molar-refractivity contribution in [3.05, 3.63) is 66.5 Å². The molecule has 5 rings (SSSR count). The van der Waals surface area contributed by atoms with Gasteiger partial charge in [0.2, 0.25) is 0 Å². The number of methoxy groups -OCH3 is 1. The van der Waals surface area contributed by atoms with Gasteiger partial charge in [0.15, 0.2) is 17.0 Å². The number of hydrogen-bond acceptors (Lipinski definition) is 8. The Morgan fingerprint density at radius 1 is 1.09 bits per heavy atom. The number of rotatable bonds is 7. The molecule has 0 radical (unpaired) electrons. The van der Waals surface area contributed by atoms with Crippen LogP contribution < -0.4 is 10.1 Å². The molecule has 0 spiro atoms. The number of fused-ring (bicyclic) bond motifs is 1. The Balaban J connectivity index is 1.27. The van der Waals surface area contributed by atoms with Crippen LogP contribution >= 0.6 is 0 Å². The summed E-state index contributed by atoms with van der Waals surface area (Å²) in [6.45, 7) is 3.84. The highest BCUT2D eigenvalue weighted by Crippen LogP contribution is 2.21. The molecule has 1 saturated heterocycles. The third-order valence-electron chi connectivity index (χ3n) is 5.50. The van der Waals surface area contributed by atoms with E-state index >= 15 is 0 Å². The van der Waals surface area contributed by atoms with Gasteiger partial charge >= 0.3 is 0 Å². The van der Waals surface area contributed by atoms with Crippen LogP contribution in [0, 0.1) is 0 Å². The topological polar surface area (TPSA) is 90.2 Å². The molecule has 0 amide bonds. The maximum absolute atomic E-state index is 6.02. The van der Waals surface area contributed by atoms with Crippen molar-refractivity contribution in [1.29, 1.82) is 0 Å². The van der Waals surface area contributed by atoms with Crippen molar-refractivity contribution in [1.82, 2.24) is 29.9 Å². The molecular weight excluding hydrogens is 406 g/mol. The highest BCUT2D eigenvalue weighted by atomic mass is 16.5. The van der Waals surface area contributed by atoms with E-state index in [4.69, 9.17) is 9.47 Å². The fourth-order valence-corrected chi connectivity index (χ4v) is 3.88. The van der Waals surface area contributed by atoms with Crippen molar-refractivity contribution in [2.45, 2.75) is 19.2 Å². The molecule has 0 aliphatic carbocycles. The summed E-state index contributed by atoms with van der Waals surface area (Å²) < 4.78 is 13.1. The number of morpholine rings is 1. The van der Waals surface area contributed by atoms with Crippen molar-refractivity contribution in [2.75, 3.05) is 32.1 Å². The van der Waals surface area contributed by atoms with Gasteiger partial charge in [-0.15, -0.1) is 5.10 Å². The van der Waals surface area contributed by atoms with Crippen LogP contribution in [-0.4, -0.2) is 62.8 Å². The largest absolute Gasteiger partial charge is 0.497 e. The van der Waals surface area contributed by atoms with Gasteiger partial charge < -0.3 is 14.8 Å². The Bertz CT molecular complexity index is 1160. The molecule has 2 aromatic carbocycles. The Hall–Kier alpha value is -3.56. The van der Waals surface area contributed by atoms with Gasteiger partial charge in [-0.05, 0) is 29.8 Å². The number of nitrogens with zero attached hydrogens (tertiary/aromatic N) is 6. The quantitative estimate of drug-likeness (QED) is 0.478. The van der Waals surface area contributed by atoms with Gasteiger partial charge in [0.05, 0.1) is 26.4 Å². The van der Waals surface area contributed by atoms with Crippen molar-refractivity contribution >= 4 is 22.7 Å². The Kier molecular flexibility index (Phi) is 5.91. The summed E-state index contributed by atoms with van der Waals surface area (Å²) in [5.74, 6) is 1.51. The van der Waals surface area contributed by atoms with Crippen molar-refractivity contribution < 1.29 is 9.47 Å². The standard InChI is InChI=1S/C23H25N7O2/c1-31-19-9-7-17(8-10-19)13-29-11-12-32-20(14-29)15-30-23-21(27-28-30)22(24-16-25-23)26-18-5-3-2-4-6-18/h2-10,16,20H,11-15H2,1H3,(H,24,25,26)/t20-/m1/s1. The lowest BCUT2D eigenvalue weighted by molar-refractivity contribution is -0.0399. The third-order valence-corrected chi connectivity index (χ3v) is 5.50. The molecule has 2 aromatic heterocycles. The SMILES string of the molecule is COc1ccc(CN2CCO[C@@H](Cn3nnc4c(Nc5ccccc5)ncnc43)C2)cc1. The van der Waals surface area contributed by atoms with Crippen LogP contribution in [0.3, 0.4) is 0 Å². The predicted molar refractivity (Wildman–Crippen MR) is 121 cm³/mol. The van der Waals surface area contributed by atoms with Crippen LogP contribution in [0.2, 0.25) is 0 Å². The molecule has 1 aliphatic rings. The highest BCUT2D eigenvalue weighted by molar-refractivity contribution is 5.84. The normalized spacial score (nSPS) is 16.8. The molecule has 0 saturated carbocycles. The number of hydrogen-bond donors (Lipinski definition) is 1. The molecule has 1 N–H and O–H groups in total. The molecule has 164 valence electrons. The molecule has 9 nitrogen and oxygen atoms in total. The lowest BCUT2D eigenvalue weighted by Crippen LogP contribution is -2.43. The molecule has 4 aromatic rings. The van der Waals surface area contributed by atoms with Crippen molar-refractivity contribution in [3.63, 3.8) is 0 Å². The zero-order chi connectivity index (χ0) is 21.8. The predicted octanol–water partition coefficient (Wildman–Crippen LogP) is 2.87. The van der Waals surface area contributed by atoms with E-state index in [0.717, 1.165) is 31.1 Å². The van der Waals surface area contributed by atoms with Crippen molar-refractivity contribution in [3.8, 4) is 5.75 Å². The maximum Gasteiger partial charge on any atom is 0.183 e. The number of nitrogens with one attached hydrogen (secondary N) is 1. The summed E-state index contributed by atoms with van der Waals surface area (Å²) in [6, 6.07) is 18.1. The number of para-hydroxylation sites is 1. The third kappa shape index (κ3) is 4.53. The smallest absolute Gasteiger partial charge is 0.183 e. The minimum Gasteiger partial charge on any atom is -0.497 e. The highest BCUT2D eigenvalue weighted by Gasteiger charge is 2.23. The van der Waals surface area contributed by atoms with Gasteiger partial charge in [0.25, 0.3) is 0 Å². The second kappa shape index (κ2) is 9.29. The van der Waals surface area contributed by atoms with E-state index in [9.17, 15) is 0 Å². The van der Waals surface area contributed by atoms with Crippen molar-refractivity contribution in [2.24, 2.45) is 0 Å². The number of ether oxygens (including phenoxy) is 2. The summed E-state index contributed by atoms with van der Waals surface area (Å²) in [7, 11) is 1.68. The van der Waals surface area contributed by atoms with E-state index in [0.29, 0.717) is 30.1 Å². The van der Waals surface area contributed by atoms with Gasteiger partial charge in [0, 0.05) is 25.3 Å². The summed E-state index contributed by atoms with van der Waals surface area (Å²) in [4.78, 5) is 11.2. The fraction of sp³-hybridized carbons (Fsp3) is 0.304. The summed E-state index contributed by atoms with van der Waals surface area (Å²) in [5.41, 5.74) is 3.52. The number of anilines is 2. The van der Waals surface area contributed by atoms with Gasteiger partial charge in [-0.3, -0.25) is 4.90 Å². The minimum absolute atomic E-state index is 0.00685. The lowest BCUT2D eigenvalue weighted by Gasteiger charge is -2.32. The summed E-state index contributed by atoms with van der Waals surface area (Å²) in [6.07, 6.45) is 1.54. The Labute approximate surface area is 186 Å². The molecule has 0 bridgehead atoms. The molecule has 9 heteroatoms. The molecule has 0 unspecified atom stereocenters. The van der Waals surface area contributed by atoms with Crippen LogP contribution in [0.1, 0.15) is 5.56 Å². The second-order valence-corrected chi connectivity index (χ2v) is 7.73. The summed E-state index contributed by atoms with van der Waals surface area (Å²) >= 11 is 0. The van der Waals surface area contributed by atoms with Crippen LogP contribution in [0.4, 0.5) is 11.5 Å². The van der Waals surface area contributed by atoms with E-state index in [1.807, 2.05) is 42.5 Å². The zero-order valence-electron chi connectivity index (χ0n) is 17.9. The minimum atomic E-state index is 0.00685. The molecule has 32 heavy (non-hydrogen) atoms. The molecule has 1 fully saturated rings. The molecular formula is C23H25N7O2. The van der Waals surface area contributed by atoms with Gasteiger partial charge in [-0.1, -0.05) is 35.5 Å². The first-order valence-corrected chi connectivity index (χ1v) is 10.6. The maximum atomic E-state index is 6.02. The van der Waals surface area contributed by atoms with Gasteiger partial charge in [-0.2, -0.15) is 0 Å². The van der Waals surface area contributed by atoms with E-state index in [-0.39, 0.29) is 6.10 Å². The van der Waals surface area contributed by atoms with E-state index < -0.39 is 0 Å². The molecule has 1 aliphatic heterocycles. The zero-order valence-corrected chi connectivity index (χ0v) is 17.9. The average Bonchev–Trinajstić information content (AvgIpc) is 3.24. The van der Waals surface area contributed by atoms with Crippen LogP contribution in [0.5, 0.6) is 5.75 Å². The molecule has 1 atom stereocenters. The number of aromatic nitrogens is 5. The van der Waals surface area contributed by atoms with Crippen LogP contribution in [-0.2, 0) is 17.8 Å². The van der Waals surface area contributed by atoms with E-state index in [1.54, 1.807) is 11.8 Å². The first kappa shape index (κ1) is 20.3. The Morgan fingerprint density at radius 2 is 1.94 bits per heavy atom. The fourth-order valence-electron chi connectivity index (χ4n) is 3.88. The van der Waals surface area contributed by atoms with E-state index in [1.165, 1.54) is 11.9 Å².